The Morgan fingerprint density at radius 3 is 2.38 bits per heavy atom. The summed E-state index contributed by atoms with van der Waals surface area (Å²) in [4.78, 5) is 36.0. The second kappa shape index (κ2) is 10.7. The lowest BCUT2D eigenvalue weighted by molar-refractivity contribution is -0.136. The zero-order chi connectivity index (χ0) is 22.9. The molecule has 0 radical (unpaired) electrons. The number of ether oxygens (including phenoxy) is 2. The summed E-state index contributed by atoms with van der Waals surface area (Å²) in [5.41, 5.74) is 3.42. The molecule has 0 heterocycles. The second-order valence-corrected chi connectivity index (χ2v) is 6.73. The number of carbonyl (C=O) groups is 3. The molecular weight excluding hydrogens is 434 g/mol. The lowest BCUT2D eigenvalue weighted by Crippen LogP contribution is -2.32. The van der Waals surface area contributed by atoms with E-state index >= 15 is 0 Å². The van der Waals surface area contributed by atoms with Gasteiger partial charge in [0.25, 0.3) is 0 Å². The maximum absolute atomic E-state index is 12.2. The van der Waals surface area contributed by atoms with Crippen LogP contribution in [-0.4, -0.2) is 31.1 Å². The Kier molecular flexibility index (Phi) is 7.55. The van der Waals surface area contributed by atoms with E-state index in [4.69, 9.17) is 21.1 Å². The van der Waals surface area contributed by atoms with E-state index in [1.165, 1.54) is 13.3 Å². The van der Waals surface area contributed by atoms with Gasteiger partial charge in [0.15, 0.2) is 0 Å². The maximum Gasteiger partial charge on any atom is 0.345 e. The third-order valence-electron chi connectivity index (χ3n) is 4.10. The highest BCUT2D eigenvalue weighted by Gasteiger charge is 2.13. The molecule has 32 heavy (non-hydrogen) atoms. The van der Waals surface area contributed by atoms with Crippen LogP contribution < -0.4 is 20.2 Å². The van der Waals surface area contributed by atoms with Gasteiger partial charge in [0, 0.05) is 11.8 Å². The van der Waals surface area contributed by atoms with Crippen molar-refractivity contribution in [2.75, 3.05) is 12.4 Å². The van der Waals surface area contributed by atoms with E-state index in [0.717, 1.165) is 0 Å². The zero-order valence-corrected chi connectivity index (χ0v) is 17.6. The molecule has 0 aromatic heterocycles. The van der Waals surface area contributed by atoms with Crippen molar-refractivity contribution in [3.8, 4) is 11.5 Å². The molecule has 0 saturated carbocycles. The molecule has 162 valence electrons. The number of anilines is 1. The molecule has 0 fully saturated rings. The van der Waals surface area contributed by atoms with E-state index in [2.05, 4.69) is 15.8 Å². The number of methoxy groups -OCH3 is 1. The van der Waals surface area contributed by atoms with Gasteiger partial charge in [0.05, 0.1) is 23.9 Å². The molecule has 0 aliphatic heterocycles. The Morgan fingerprint density at radius 2 is 1.66 bits per heavy atom. The van der Waals surface area contributed by atoms with E-state index in [0.29, 0.717) is 27.8 Å². The molecule has 0 saturated heterocycles. The topological polar surface area (TPSA) is 106 Å². The Hall–Kier alpha value is -4.17. The predicted molar refractivity (Wildman–Crippen MR) is 120 cm³/mol. The van der Waals surface area contributed by atoms with Crippen LogP contribution in [0.2, 0.25) is 5.02 Å². The smallest absolute Gasteiger partial charge is 0.345 e. The first-order chi connectivity index (χ1) is 15.5. The average molecular weight is 452 g/mol. The van der Waals surface area contributed by atoms with E-state index in [1.54, 1.807) is 72.8 Å². The molecule has 2 amide bonds. The summed E-state index contributed by atoms with van der Waals surface area (Å²) in [5, 5.41) is 6.50. The molecule has 0 aliphatic carbocycles. The van der Waals surface area contributed by atoms with Crippen LogP contribution in [0.5, 0.6) is 11.5 Å². The number of nitrogens with one attached hydrogen (secondary N) is 2. The summed E-state index contributed by atoms with van der Waals surface area (Å²) in [6.07, 6.45) is 1.34. The minimum Gasteiger partial charge on any atom is -0.497 e. The van der Waals surface area contributed by atoms with E-state index in [9.17, 15) is 14.4 Å². The Morgan fingerprint density at radius 1 is 0.906 bits per heavy atom. The number of esters is 1. The van der Waals surface area contributed by atoms with Gasteiger partial charge in [-0.3, -0.25) is 9.59 Å². The van der Waals surface area contributed by atoms with Gasteiger partial charge in [-0.2, -0.15) is 5.10 Å². The normalized spacial score (nSPS) is 10.4. The largest absolute Gasteiger partial charge is 0.497 e. The summed E-state index contributed by atoms with van der Waals surface area (Å²) < 4.78 is 10.3. The van der Waals surface area contributed by atoms with E-state index < -0.39 is 17.8 Å². The van der Waals surface area contributed by atoms with Crippen LogP contribution in [-0.2, 0) is 9.59 Å². The first kappa shape index (κ1) is 22.5. The van der Waals surface area contributed by atoms with Crippen molar-refractivity contribution in [1.29, 1.82) is 0 Å². The highest BCUT2D eigenvalue weighted by Crippen LogP contribution is 2.19. The average Bonchev–Trinajstić information content (AvgIpc) is 2.80. The fourth-order valence-corrected chi connectivity index (χ4v) is 2.73. The SMILES string of the molecule is COc1cccc(NC(=O)C(=O)N/N=C\c2ccc(OC(=O)c3ccccc3Cl)cc2)c1. The van der Waals surface area contributed by atoms with Crippen LogP contribution in [0.15, 0.2) is 77.9 Å². The number of rotatable bonds is 6. The van der Waals surface area contributed by atoms with Crippen LogP contribution in [0, 0.1) is 0 Å². The van der Waals surface area contributed by atoms with Gasteiger partial charge < -0.3 is 14.8 Å². The number of nitrogens with zero attached hydrogens (tertiary/aromatic N) is 1. The van der Waals surface area contributed by atoms with Gasteiger partial charge in [0.1, 0.15) is 11.5 Å². The fraction of sp³-hybridized carbons (Fsp3) is 0.0435. The van der Waals surface area contributed by atoms with Gasteiger partial charge >= 0.3 is 17.8 Å². The zero-order valence-electron chi connectivity index (χ0n) is 16.9. The number of halogens is 1. The number of carbonyl (C=O) groups excluding carboxylic acids is 3. The second-order valence-electron chi connectivity index (χ2n) is 6.32. The van der Waals surface area contributed by atoms with Crippen molar-refractivity contribution in [3.05, 3.63) is 88.9 Å². The lowest BCUT2D eigenvalue weighted by atomic mass is 10.2. The lowest BCUT2D eigenvalue weighted by Gasteiger charge is -2.06. The molecule has 3 aromatic carbocycles. The molecule has 0 bridgehead atoms. The summed E-state index contributed by atoms with van der Waals surface area (Å²) in [6, 6.07) is 19.5. The van der Waals surface area contributed by atoms with Crippen LogP contribution in [0.4, 0.5) is 5.69 Å². The quantitative estimate of drug-likeness (QED) is 0.195. The summed E-state index contributed by atoms with van der Waals surface area (Å²) in [7, 11) is 1.50. The third-order valence-corrected chi connectivity index (χ3v) is 4.43. The monoisotopic (exact) mass is 451 g/mol. The van der Waals surface area contributed by atoms with Crippen LogP contribution in [0.25, 0.3) is 0 Å². The van der Waals surface area contributed by atoms with Crippen molar-refractivity contribution in [1.82, 2.24) is 5.43 Å². The molecule has 2 N–H and O–H groups in total. The molecule has 0 aliphatic rings. The maximum atomic E-state index is 12.2. The predicted octanol–water partition coefficient (Wildman–Crippen LogP) is 3.66. The van der Waals surface area contributed by atoms with Gasteiger partial charge in [-0.05, 0) is 54.1 Å². The highest BCUT2D eigenvalue weighted by atomic mass is 35.5. The number of benzene rings is 3. The van der Waals surface area contributed by atoms with Gasteiger partial charge in [-0.15, -0.1) is 0 Å². The molecule has 0 atom stereocenters. The van der Waals surface area contributed by atoms with Crippen LogP contribution in [0.3, 0.4) is 0 Å². The third kappa shape index (κ3) is 6.16. The summed E-state index contributed by atoms with van der Waals surface area (Å²) in [5.74, 6) is -1.53. The molecule has 9 heteroatoms. The van der Waals surface area contributed by atoms with Gasteiger partial charge in [-0.1, -0.05) is 29.8 Å². The minimum atomic E-state index is -0.936. The van der Waals surface area contributed by atoms with Crippen LogP contribution in [0.1, 0.15) is 15.9 Å². The molecule has 3 rings (SSSR count). The minimum absolute atomic E-state index is 0.259. The Labute approximate surface area is 188 Å². The Balaban J connectivity index is 1.52. The van der Waals surface area contributed by atoms with Crippen molar-refractivity contribution in [2.45, 2.75) is 0 Å². The van der Waals surface area contributed by atoms with E-state index in [-0.39, 0.29) is 5.56 Å². The fourth-order valence-electron chi connectivity index (χ4n) is 2.52. The molecular formula is C23H18ClN3O5. The van der Waals surface area contributed by atoms with Crippen molar-refractivity contribution < 1.29 is 23.9 Å². The number of hydrogen-bond donors (Lipinski definition) is 2. The van der Waals surface area contributed by atoms with Crippen LogP contribution >= 0.6 is 11.6 Å². The number of hydrazone groups is 1. The molecule has 0 unspecified atom stereocenters. The summed E-state index contributed by atoms with van der Waals surface area (Å²) >= 11 is 5.99. The van der Waals surface area contributed by atoms with Crippen molar-refractivity contribution in [3.63, 3.8) is 0 Å². The number of hydrogen-bond acceptors (Lipinski definition) is 6. The molecule has 3 aromatic rings. The van der Waals surface area contributed by atoms with Gasteiger partial charge in [-0.25, -0.2) is 10.2 Å². The molecule has 0 spiro atoms. The molecule has 8 nitrogen and oxygen atoms in total. The first-order valence-electron chi connectivity index (χ1n) is 9.31. The van der Waals surface area contributed by atoms with E-state index in [1.807, 2.05) is 0 Å². The van der Waals surface area contributed by atoms with Crippen molar-refractivity contribution in [2.24, 2.45) is 5.10 Å². The van der Waals surface area contributed by atoms with Gasteiger partial charge in [0.2, 0.25) is 0 Å². The highest BCUT2D eigenvalue weighted by molar-refractivity contribution is 6.39. The standard InChI is InChI=1S/C23H18ClN3O5/c1-31-18-6-4-5-16(13-18)26-21(28)22(29)27-25-14-15-9-11-17(12-10-15)32-23(30)19-7-2-3-8-20(19)24/h2-14H,1H3,(H,26,28)(H,27,29)/b25-14-. The number of amides is 2. The van der Waals surface area contributed by atoms with Crippen molar-refractivity contribution >= 4 is 41.3 Å². The summed E-state index contributed by atoms with van der Waals surface area (Å²) in [6.45, 7) is 0. The first-order valence-corrected chi connectivity index (χ1v) is 9.69. The Bertz CT molecular complexity index is 1160.